The van der Waals surface area contributed by atoms with Crippen molar-refractivity contribution in [1.82, 2.24) is 10.2 Å². The zero-order valence-electron chi connectivity index (χ0n) is 11.4. The van der Waals surface area contributed by atoms with Crippen LogP contribution in [0.5, 0.6) is 0 Å². The molecule has 3 N–H and O–H groups in total. The normalized spacial score (nSPS) is 33.4. The lowest BCUT2D eigenvalue weighted by Gasteiger charge is -2.24. The van der Waals surface area contributed by atoms with Gasteiger partial charge in [0.05, 0.1) is 6.10 Å². The van der Waals surface area contributed by atoms with Gasteiger partial charge in [-0.25, -0.2) is 9.59 Å². The van der Waals surface area contributed by atoms with Gasteiger partial charge in [-0.1, -0.05) is 13.8 Å². The SMILES string of the molecule is CC1(C)CCC(NC(=O)N2C[C@H](O)C[C@H]2C(=O)O)C1. The number of carboxylic acid groups (broad SMARTS) is 1. The van der Waals surface area contributed by atoms with Crippen LogP contribution in [0, 0.1) is 5.41 Å². The highest BCUT2D eigenvalue weighted by atomic mass is 16.4. The van der Waals surface area contributed by atoms with E-state index >= 15 is 0 Å². The third-order valence-electron chi connectivity index (χ3n) is 4.12. The summed E-state index contributed by atoms with van der Waals surface area (Å²) < 4.78 is 0. The van der Waals surface area contributed by atoms with Crippen LogP contribution in [0.4, 0.5) is 4.79 Å². The Morgan fingerprint density at radius 3 is 2.58 bits per heavy atom. The molecule has 0 aromatic rings. The average molecular weight is 270 g/mol. The molecule has 6 nitrogen and oxygen atoms in total. The number of carbonyl (C=O) groups excluding carboxylic acids is 1. The molecule has 19 heavy (non-hydrogen) atoms. The number of nitrogens with one attached hydrogen (secondary N) is 1. The Labute approximate surface area is 112 Å². The maximum absolute atomic E-state index is 12.1. The first-order valence-electron chi connectivity index (χ1n) is 6.76. The highest BCUT2D eigenvalue weighted by Gasteiger charge is 2.40. The Balaban J connectivity index is 1.94. The van der Waals surface area contributed by atoms with Gasteiger partial charge in [0.15, 0.2) is 0 Å². The molecule has 0 bridgehead atoms. The Bertz CT molecular complexity index is 383. The van der Waals surface area contributed by atoms with Crippen molar-refractivity contribution in [3.63, 3.8) is 0 Å². The van der Waals surface area contributed by atoms with Crippen LogP contribution in [0.15, 0.2) is 0 Å². The van der Waals surface area contributed by atoms with Crippen LogP contribution in [0.1, 0.15) is 39.5 Å². The number of β-amino-alcohol motifs (C(OH)–C–C–N with tert-alkyl or cyclic N) is 1. The molecule has 0 aromatic heterocycles. The van der Waals surface area contributed by atoms with Crippen molar-refractivity contribution in [1.29, 1.82) is 0 Å². The number of aliphatic hydroxyl groups excluding tert-OH is 1. The predicted octanol–water partition coefficient (Wildman–Crippen LogP) is 0.794. The van der Waals surface area contributed by atoms with Gasteiger partial charge in [-0.2, -0.15) is 0 Å². The lowest BCUT2D eigenvalue weighted by molar-refractivity contribution is -0.141. The standard InChI is InChI=1S/C13H22N2O4/c1-13(2)4-3-8(6-13)14-12(19)15-7-9(16)5-10(15)11(17)18/h8-10,16H,3-7H2,1-2H3,(H,14,19)(H,17,18)/t8?,9-,10+/m1/s1. The van der Waals surface area contributed by atoms with Gasteiger partial charge >= 0.3 is 12.0 Å². The van der Waals surface area contributed by atoms with E-state index in [1.807, 2.05) is 0 Å². The molecule has 6 heteroatoms. The number of hydrogen-bond donors (Lipinski definition) is 3. The van der Waals surface area contributed by atoms with E-state index in [0.717, 1.165) is 19.3 Å². The Hall–Kier alpha value is -1.30. The fraction of sp³-hybridized carbons (Fsp3) is 0.846. The van der Waals surface area contributed by atoms with E-state index in [2.05, 4.69) is 19.2 Å². The number of amides is 2. The summed E-state index contributed by atoms with van der Waals surface area (Å²) in [5.41, 5.74) is 0.231. The highest BCUT2D eigenvalue weighted by Crippen LogP contribution is 2.37. The number of aliphatic hydroxyl groups is 1. The highest BCUT2D eigenvalue weighted by molar-refractivity contribution is 5.83. The second-order valence-corrected chi connectivity index (χ2v) is 6.45. The fourth-order valence-corrected chi connectivity index (χ4v) is 3.09. The maximum atomic E-state index is 12.1. The van der Waals surface area contributed by atoms with Crippen LogP contribution in [0.25, 0.3) is 0 Å². The van der Waals surface area contributed by atoms with Gasteiger partial charge in [-0.3, -0.25) is 0 Å². The van der Waals surface area contributed by atoms with Crippen LogP contribution in [0.2, 0.25) is 0 Å². The number of carbonyl (C=O) groups is 2. The van der Waals surface area contributed by atoms with Crippen molar-refractivity contribution in [3.8, 4) is 0 Å². The Morgan fingerprint density at radius 2 is 2.05 bits per heavy atom. The van der Waals surface area contributed by atoms with Crippen molar-refractivity contribution in [2.45, 2.75) is 57.7 Å². The van der Waals surface area contributed by atoms with Crippen LogP contribution >= 0.6 is 0 Å². The van der Waals surface area contributed by atoms with Crippen LogP contribution in [-0.4, -0.2) is 51.8 Å². The third-order valence-corrected chi connectivity index (χ3v) is 4.12. The summed E-state index contributed by atoms with van der Waals surface area (Å²) in [6.45, 7) is 4.43. The van der Waals surface area contributed by atoms with Crippen molar-refractivity contribution in [3.05, 3.63) is 0 Å². The van der Waals surface area contributed by atoms with Gasteiger partial charge in [0, 0.05) is 19.0 Å². The minimum atomic E-state index is -1.06. The fourth-order valence-electron chi connectivity index (χ4n) is 3.09. The second-order valence-electron chi connectivity index (χ2n) is 6.45. The molecule has 0 aromatic carbocycles. The second kappa shape index (κ2) is 5.00. The minimum absolute atomic E-state index is 0.0961. The summed E-state index contributed by atoms with van der Waals surface area (Å²) >= 11 is 0. The number of urea groups is 1. The predicted molar refractivity (Wildman–Crippen MR) is 68.7 cm³/mol. The molecule has 1 saturated heterocycles. The molecule has 2 aliphatic rings. The number of carboxylic acids is 1. The molecule has 1 heterocycles. The van der Waals surface area contributed by atoms with Gasteiger partial charge < -0.3 is 20.4 Å². The van der Waals surface area contributed by atoms with Crippen molar-refractivity contribution in [2.24, 2.45) is 5.41 Å². The minimum Gasteiger partial charge on any atom is -0.480 e. The van der Waals surface area contributed by atoms with Gasteiger partial charge in [0.2, 0.25) is 0 Å². The molecular weight excluding hydrogens is 248 g/mol. The lowest BCUT2D eigenvalue weighted by atomic mass is 9.92. The largest absolute Gasteiger partial charge is 0.480 e. The Kier molecular flexibility index (Phi) is 3.71. The van der Waals surface area contributed by atoms with E-state index in [1.54, 1.807) is 0 Å². The van der Waals surface area contributed by atoms with Crippen LogP contribution < -0.4 is 5.32 Å². The molecular formula is C13H22N2O4. The van der Waals surface area contributed by atoms with E-state index in [0.29, 0.717) is 0 Å². The lowest BCUT2D eigenvalue weighted by Crippen LogP contribution is -2.48. The molecule has 1 unspecified atom stereocenters. The first kappa shape index (κ1) is 14.1. The van der Waals surface area contributed by atoms with Crippen LogP contribution in [-0.2, 0) is 4.79 Å². The number of nitrogens with zero attached hydrogens (tertiary/aromatic N) is 1. The summed E-state index contributed by atoms with van der Waals surface area (Å²) in [6.07, 6.45) is 2.26. The Morgan fingerprint density at radius 1 is 1.37 bits per heavy atom. The van der Waals surface area contributed by atoms with Gasteiger partial charge in [-0.15, -0.1) is 0 Å². The van der Waals surface area contributed by atoms with Gasteiger partial charge in [0.25, 0.3) is 0 Å². The molecule has 1 aliphatic heterocycles. The van der Waals surface area contributed by atoms with Crippen molar-refractivity contribution >= 4 is 12.0 Å². The molecule has 2 fully saturated rings. The van der Waals surface area contributed by atoms with Crippen molar-refractivity contribution < 1.29 is 19.8 Å². The number of likely N-dealkylation sites (tertiary alicyclic amines) is 1. The van der Waals surface area contributed by atoms with E-state index < -0.39 is 18.1 Å². The van der Waals surface area contributed by atoms with E-state index in [1.165, 1.54) is 4.90 Å². The molecule has 0 spiro atoms. The zero-order valence-corrected chi connectivity index (χ0v) is 11.4. The number of aliphatic carboxylic acids is 1. The molecule has 108 valence electrons. The molecule has 0 radical (unpaired) electrons. The quantitative estimate of drug-likeness (QED) is 0.692. The number of hydrogen-bond acceptors (Lipinski definition) is 3. The summed E-state index contributed by atoms with van der Waals surface area (Å²) in [5, 5.41) is 21.5. The first-order chi connectivity index (χ1) is 8.78. The van der Waals surface area contributed by atoms with Gasteiger partial charge in [-0.05, 0) is 24.7 Å². The number of rotatable bonds is 2. The van der Waals surface area contributed by atoms with E-state index in [9.17, 15) is 14.7 Å². The van der Waals surface area contributed by atoms with Gasteiger partial charge in [0.1, 0.15) is 6.04 Å². The topological polar surface area (TPSA) is 89.9 Å². The summed E-state index contributed by atoms with van der Waals surface area (Å²) in [6, 6.07) is -1.18. The average Bonchev–Trinajstić information content (AvgIpc) is 2.82. The molecule has 3 atom stereocenters. The van der Waals surface area contributed by atoms with E-state index in [-0.39, 0.29) is 30.5 Å². The smallest absolute Gasteiger partial charge is 0.326 e. The molecule has 2 amide bonds. The molecule has 1 saturated carbocycles. The molecule has 1 aliphatic carbocycles. The summed E-state index contributed by atoms with van der Waals surface area (Å²) in [4.78, 5) is 24.4. The first-order valence-corrected chi connectivity index (χ1v) is 6.76. The zero-order chi connectivity index (χ0) is 14.2. The maximum Gasteiger partial charge on any atom is 0.326 e. The summed E-state index contributed by atoms with van der Waals surface area (Å²) in [5.74, 6) is -1.06. The van der Waals surface area contributed by atoms with E-state index in [4.69, 9.17) is 5.11 Å². The molecule has 2 rings (SSSR count). The third kappa shape index (κ3) is 3.18. The summed E-state index contributed by atoms with van der Waals surface area (Å²) in [7, 11) is 0. The monoisotopic (exact) mass is 270 g/mol. The van der Waals surface area contributed by atoms with Crippen LogP contribution in [0.3, 0.4) is 0 Å². The van der Waals surface area contributed by atoms with Crippen molar-refractivity contribution in [2.75, 3.05) is 6.54 Å².